The topological polar surface area (TPSA) is 21.3 Å². The van der Waals surface area contributed by atoms with Gasteiger partial charge in [0.2, 0.25) is 6.43 Å². The average molecular weight is 305 g/mol. The van der Waals surface area contributed by atoms with Crippen LogP contribution in [0.5, 0.6) is 5.75 Å². The molecule has 0 aromatic heterocycles. The molecule has 0 bridgehead atoms. The number of rotatable bonds is 7. The van der Waals surface area contributed by atoms with Gasteiger partial charge >= 0.3 is 0 Å². The van der Waals surface area contributed by atoms with Crippen molar-refractivity contribution in [3.8, 4) is 16.9 Å². The molecular weight excluding hydrogens is 284 g/mol. The van der Waals surface area contributed by atoms with Gasteiger partial charge in [-0.1, -0.05) is 42.5 Å². The van der Waals surface area contributed by atoms with Crippen molar-refractivity contribution in [2.45, 2.75) is 25.8 Å². The average Bonchev–Trinajstić information content (AvgIpc) is 2.54. The maximum absolute atomic E-state index is 12.1. The molecule has 1 atom stereocenters. The van der Waals surface area contributed by atoms with Crippen LogP contribution in [0.3, 0.4) is 0 Å². The molecule has 1 unspecified atom stereocenters. The Labute approximate surface area is 130 Å². The molecule has 2 aromatic carbocycles. The summed E-state index contributed by atoms with van der Waals surface area (Å²) in [5.74, 6) is 0.832. The van der Waals surface area contributed by atoms with Crippen molar-refractivity contribution in [2.75, 3.05) is 13.7 Å². The molecular formula is C18H21F2NO. The molecule has 0 saturated heterocycles. The van der Waals surface area contributed by atoms with E-state index in [1.165, 1.54) is 0 Å². The van der Waals surface area contributed by atoms with E-state index in [9.17, 15) is 8.78 Å². The molecule has 1 N–H and O–H groups in total. The van der Waals surface area contributed by atoms with Gasteiger partial charge in [-0.25, -0.2) is 8.78 Å². The smallest absolute Gasteiger partial charge is 0.239 e. The maximum atomic E-state index is 12.1. The van der Waals surface area contributed by atoms with Gasteiger partial charge in [0.05, 0.1) is 7.11 Å². The van der Waals surface area contributed by atoms with Gasteiger partial charge in [-0.3, -0.25) is 0 Å². The van der Waals surface area contributed by atoms with Crippen molar-refractivity contribution in [3.05, 3.63) is 54.1 Å². The fourth-order valence-corrected chi connectivity index (χ4v) is 2.36. The molecule has 2 nitrogen and oxygen atoms in total. The van der Waals surface area contributed by atoms with Crippen LogP contribution in [0.25, 0.3) is 11.1 Å². The highest BCUT2D eigenvalue weighted by Crippen LogP contribution is 2.30. The number of ether oxygens (including phenoxy) is 1. The van der Waals surface area contributed by atoms with Crippen LogP contribution in [-0.2, 0) is 0 Å². The first kappa shape index (κ1) is 16.4. The molecule has 0 radical (unpaired) electrons. The number of hydrogen-bond donors (Lipinski definition) is 1. The predicted molar refractivity (Wildman–Crippen MR) is 85.5 cm³/mol. The van der Waals surface area contributed by atoms with Crippen LogP contribution < -0.4 is 10.1 Å². The maximum Gasteiger partial charge on any atom is 0.239 e. The van der Waals surface area contributed by atoms with E-state index in [-0.39, 0.29) is 12.5 Å². The zero-order valence-corrected chi connectivity index (χ0v) is 12.9. The van der Waals surface area contributed by atoms with Gasteiger partial charge in [-0.15, -0.1) is 0 Å². The predicted octanol–water partition coefficient (Wildman–Crippen LogP) is 4.67. The molecule has 0 amide bonds. The lowest BCUT2D eigenvalue weighted by atomic mass is 10.0. The summed E-state index contributed by atoms with van der Waals surface area (Å²) in [6.45, 7) is 2.29. The van der Waals surface area contributed by atoms with Gasteiger partial charge in [0.15, 0.2) is 0 Å². The molecule has 0 aliphatic heterocycles. The summed E-state index contributed by atoms with van der Waals surface area (Å²) < 4.78 is 29.7. The molecule has 0 saturated carbocycles. The van der Waals surface area contributed by atoms with Crippen LogP contribution in [0, 0.1) is 0 Å². The Morgan fingerprint density at radius 1 is 1.05 bits per heavy atom. The largest absolute Gasteiger partial charge is 0.496 e. The van der Waals surface area contributed by atoms with Crippen LogP contribution >= 0.6 is 0 Å². The minimum atomic E-state index is -2.26. The Hall–Kier alpha value is -1.94. The zero-order valence-electron chi connectivity index (χ0n) is 12.9. The Morgan fingerprint density at radius 2 is 1.73 bits per heavy atom. The van der Waals surface area contributed by atoms with Gasteiger partial charge in [0, 0.05) is 24.6 Å². The SMILES string of the molecule is COc1ccccc1-c1ccc(C(C)NCCC(F)F)cc1. The number of nitrogens with one attached hydrogen (secondary N) is 1. The molecule has 0 heterocycles. The number of para-hydroxylation sites is 1. The molecule has 0 fully saturated rings. The van der Waals surface area contributed by atoms with Gasteiger partial charge in [0.1, 0.15) is 5.75 Å². The monoisotopic (exact) mass is 305 g/mol. The lowest BCUT2D eigenvalue weighted by Gasteiger charge is -2.15. The third-order valence-electron chi connectivity index (χ3n) is 3.64. The number of hydrogen-bond acceptors (Lipinski definition) is 2. The van der Waals surface area contributed by atoms with Crippen molar-refractivity contribution in [1.82, 2.24) is 5.32 Å². The van der Waals surface area contributed by atoms with Crippen LogP contribution in [0.1, 0.15) is 24.9 Å². The van der Waals surface area contributed by atoms with Crippen molar-refractivity contribution in [3.63, 3.8) is 0 Å². The normalized spacial score (nSPS) is 12.4. The Balaban J connectivity index is 2.06. The summed E-state index contributed by atoms with van der Waals surface area (Å²) in [5.41, 5.74) is 3.18. The summed E-state index contributed by atoms with van der Waals surface area (Å²) in [7, 11) is 1.65. The molecule has 118 valence electrons. The zero-order chi connectivity index (χ0) is 15.9. The first-order valence-corrected chi connectivity index (χ1v) is 7.36. The van der Waals surface area contributed by atoms with E-state index in [1.54, 1.807) is 7.11 Å². The van der Waals surface area contributed by atoms with Gasteiger partial charge in [-0.2, -0.15) is 0 Å². The second kappa shape index (κ2) is 7.90. The van der Waals surface area contributed by atoms with E-state index in [0.717, 1.165) is 22.4 Å². The summed E-state index contributed by atoms with van der Waals surface area (Å²) in [5, 5.41) is 3.11. The Bertz CT molecular complexity index is 584. The quantitative estimate of drug-likeness (QED) is 0.802. The third-order valence-corrected chi connectivity index (χ3v) is 3.64. The van der Waals surface area contributed by atoms with Crippen LogP contribution in [0.4, 0.5) is 8.78 Å². The first-order chi connectivity index (χ1) is 10.6. The van der Waals surface area contributed by atoms with E-state index in [2.05, 4.69) is 5.32 Å². The molecule has 0 aliphatic rings. The summed E-state index contributed by atoms with van der Waals surface area (Å²) in [4.78, 5) is 0. The highest BCUT2D eigenvalue weighted by Gasteiger charge is 2.09. The molecule has 2 rings (SSSR count). The highest BCUT2D eigenvalue weighted by atomic mass is 19.3. The Kier molecular flexibility index (Phi) is 5.90. The second-order valence-electron chi connectivity index (χ2n) is 5.18. The van der Waals surface area contributed by atoms with Crippen molar-refractivity contribution in [2.24, 2.45) is 0 Å². The van der Waals surface area contributed by atoms with Gasteiger partial charge in [0.25, 0.3) is 0 Å². The fraction of sp³-hybridized carbons (Fsp3) is 0.333. The third kappa shape index (κ3) is 4.28. The van der Waals surface area contributed by atoms with Crippen LogP contribution in [-0.4, -0.2) is 20.1 Å². The van der Waals surface area contributed by atoms with E-state index >= 15 is 0 Å². The summed E-state index contributed by atoms with van der Waals surface area (Å²) in [6, 6.07) is 16.0. The minimum absolute atomic E-state index is 0.0467. The van der Waals surface area contributed by atoms with E-state index in [0.29, 0.717) is 6.54 Å². The van der Waals surface area contributed by atoms with Crippen LogP contribution in [0.2, 0.25) is 0 Å². The molecule has 2 aromatic rings. The van der Waals surface area contributed by atoms with Crippen molar-refractivity contribution >= 4 is 0 Å². The van der Waals surface area contributed by atoms with E-state index in [1.807, 2.05) is 55.5 Å². The van der Waals surface area contributed by atoms with Crippen molar-refractivity contribution in [1.29, 1.82) is 0 Å². The molecule has 0 spiro atoms. The fourth-order valence-electron chi connectivity index (χ4n) is 2.36. The number of halogens is 2. The number of alkyl halides is 2. The van der Waals surface area contributed by atoms with Crippen molar-refractivity contribution < 1.29 is 13.5 Å². The van der Waals surface area contributed by atoms with Gasteiger partial charge < -0.3 is 10.1 Å². The minimum Gasteiger partial charge on any atom is -0.496 e. The Morgan fingerprint density at radius 3 is 2.36 bits per heavy atom. The molecule has 4 heteroatoms. The van der Waals surface area contributed by atoms with E-state index < -0.39 is 6.43 Å². The van der Waals surface area contributed by atoms with Crippen LogP contribution in [0.15, 0.2) is 48.5 Å². The highest BCUT2D eigenvalue weighted by molar-refractivity contribution is 5.70. The molecule has 22 heavy (non-hydrogen) atoms. The second-order valence-corrected chi connectivity index (χ2v) is 5.18. The lowest BCUT2D eigenvalue weighted by molar-refractivity contribution is 0.136. The standard InChI is InChI=1S/C18H21F2NO/c1-13(21-12-11-18(19)20)14-7-9-15(10-8-14)16-5-3-4-6-17(16)22-2/h3-10,13,18,21H,11-12H2,1-2H3. The summed E-state index contributed by atoms with van der Waals surface area (Å²) >= 11 is 0. The van der Waals surface area contributed by atoms with Gasteiger partial charge in [-0.05, 0) is 24.1 Å². The van der Waals surface area contributed by atoms with E-state index in [4.69, 9.17) is 4.74 Å². The molecule has 0 aliphatic carbocycles. The first-order valence-electron chi connectivity index (χ1n) is 7.36. The number of benzene rings is 2. The lowest BCUT2D eigenvalue weighted by Crippen LogP contribution is -2.21. The summed E-state index contributed by atoms with van der Waals surface area (Å²) in [6.07, 6.45) is -2.38. The number of methoxy groups -OCH3 is 1.